The highest BCUT2D eigenvalue weighted by Gasteiger charge is 2.47. The predicted molar refractivity (Wildman–Crippen MR) is 97.3 cm³/mol. The molecule has 0 aliphatic carbocycles. The van der Waals surface area contributed by atoms with Crippen molar-refractivity contribution in [3.63, 3.8) is 0 Å². The highest BCUT2D eigenvalue weighted by Crippen LogP contribution is 2.33. The minimum Gasteiger partial charge on any atom is -0.467 e. The van der Waals surface area contributed by atoms with Crippen LogP contribution in [0, 0.1) is 0 Å². The number of aliphatic hydroxyl groups excluding tert-OH is 2. The number of carbonyl (C=O) groups is 1. The second kappa shape index (κ2) is 7.03. The van der Waals surface area contributed by atoms with Gasteiger partial charge in [0.15, 0.2) is 29.3 Å². The maximum atomic E-state index is 12.5. The van der Waals surface area contributed by atoms with E-state index in [0.29, 0.717) is 5.69 Å². The normalized spacial score (nSPS) is 24.4. The van der Waals surface area contributed by atoms with E-state index in [2.05, 4.69) is 20.3 Å². The minimum atomic E-state index is -1.45. The Kier molecular flexibility index (Phi) is 4.55. The molecule has 0 saturated carbocycles. The van der Waals surface area contributed by atoms with E-state index in [0.717, 1.165) is 0 Å². The average Bonchev–Trinajstić information content (AvgIpc) is 3.24. The minimum absolute atomic E-state index is 0.0122. The molecule has 0 spiro atoms. The highest BCUT2D eigenvalue weighted by atomic mass is 16.6. The molecule has 1 aliphatic heterocycles. The molecule has 2 aromatic heterocycles. The van der Waals surface area contributed by atoms with Crippen molar-refractivity contribution >= 4 is 28.6 Å². The fourth-order valence-electron chi connectivity index (χ4n) is 3.04. The summed E-state index contributed by atoms with van der Waals surface area (Å²) >= 11 is 0. The monoisotopic (exact) mass is 386 g/mol. The molecular weight excluding hydrogens is 368 g/mol. The number of aromatic nitrogens is 4. The standard InChI is InChI=1S/C17H18N6O5/c1-27-17-21-13(18)9-14(22-17)23(7-19-9)16-11(25)10(24)12(28-16)15(26)20-8-5-3-2-4-6-8/h2-7,10-12,16,24-25H,1H3,(H,20,26)(H2,18,21,22)/t10-,11+,12-,16+/m0/s1. The number of benzene rings is 1. The van der Waals surface area contributed by atoms with Gasteiger partial charge in [0.05, 0.1) is 13.4 Å². The molecule has 5 N–H and O–H groups in total. The van der Waals surface area contributed by atoms with Gasteiger partial charge in [-0.25, -0.2) is 4.98 Å². The molecular formula is C17H18N6O5. The van der Waals surface area contributed by atoms with Crippen LogP contribution in [-0.4, -0.2) is 61.1 Å². The van der Waals surface area contributed by atoms with E-state index in [1.54, 1.807) is 24.3 Å². The lowest BCUT2D eigenvalue weighted by Crippen LogP contribution is -2.39. The Balaban J connectivity index is 1.62. The zero-order valence-corrected chi connectivity index (χ0v) is 14.8. The van der Waals surface area contributed by atoms with Crippen molar-refractivity contribution in [3.8, 4) is 6.01 Å². The van der Waals surface area contributed by atoms with Crippen molar-refractivity contribution in [2.45, 2.75) is 24.5 Å². The van der Waals surface area contributed by atoms with Gasteiger partial charge in [0.1, 0.15) is 12.2 Å². The van der Waals surface area contributed by atoms with E-state index in [4.69, 9.17) is 15.2 Å². The third-order valence-electron chi connectivity index (χ3n) is 4.42. The van der Waals surface area contributed by atoms with Gasteiger partial charge in [0, 0.05) is 5.69 Å². The Bertz CT molecular complexity index is 1010. The van der Waals surface area contributed by atoms with Crippen LogP contribution in [-0.2, 0) is 9.53 Å². The van der Waals surface area contributed by atoms with Gasteiger partial charge >= 0.3 is 6.01 Å². The maximum Gasteiger partial charge on any atom is 0.320 e. The van der Waals surface area contributed by atoms with Crippen LogP contribution in [0.1, 0.15) is 6.23 Å². The van der Waals surface area contributed by atoms with Crippen molar-refractivity contribution in [1.29, 1.82) is 0 Å². The number of para-hydroxylation sites is 1. The van der Waals surface area contributed by atoms with E-state index in [9.17, 15) is 15.0 Å². The highest BCUT2D eigenvalue weighted by molar-refractivity contribution is 5.94. The first-order chi connectivity index (χ1) is 13.5. The molecule has 1 amide bonds. The zero-order chi connectivity index (χ0) is 19.8. The molecule has 1 fully saturated rings. The van der Waals surface area contributed by atoms with Crippen LogP contribution in [0.4, 0.5) is 11.5 Å². The largest absolute Gasteiger partial charge is 0.467 e. The number of rotatable bonds is 4. The summed E-state index contributed by atoms with van der Waals surface area (Å²) in [7, 11) is 1.38. The molecule has 3 heterocycles. The molecule has 4 atom stereocenters. The quantitative estimate of drug-likeness (QED) is 0.471. The number of methoxy groups -OCH3 is 1. The molecule has 11 nitrogen and oxygen atoms in total. The van der Waals surface area contributed by atoms with Crippen LogP contribution in [0.25, 0.3) is 11.2 Å². The molecule has 28 heavy (non-hydrogen) atoms. The number of nitrogens with zero attached hydrogens (tertiary/aromatic N) is 4. The van der Waals surface area contributed by atoms with Crippen molar-refractivity contribution < 1.29 is 24.5 Å². The van der Waals surface area contributed by atoms with Crippen molar-refractivity contribution in [1.82, 2.24) is 19.5 Å². The molecule has 11 heteroatoms. The van der Waals surface area contributed by atoms with E-state index in [1.807, 2.05) is 6.07 Å². The van der Waals surface area contributed by atoms with Crippen molar-refractivity contribution in [3.05, 3.63) is 36.7 Å². The average molecular weight is 386 g/mol. The van der Waals surface area contributed by atoms with Crippen LogP contribution >= 0.6 is 0 Å². The number of hydrogen-bond acceptors (Lipinski definition) is 9. The molecule has 146 valence electrons. The van der Waals surface area contributed by atoms with Gasteiger partial charge in [0.25, 0.3) is 5.91 Å². The molecule has 0 unspecified atom stereocenters. The number of aliphatic hydroxyl groups is 2. The lowest BCUT2D eigenvalue weighted by Gasteiger charge is -2.16. The summed E-state index contributed by atoms with van der Waals surface area (Å²) < 4.78 is 12.0. The SMILES string of the molecule is COc1nc(N)c2ncn([C@@H]3O[C@H](C(=O)Nc4ccccc4)[C@@H](O)[C@H]3O)c2n1. The predicted octanol–water partition coefficient (Wildman–Crippen LogP) is -0.325. The number of nitrogens with two attached hydrogens (primary N) is 1. The van der Waals surface area contributed by atoms with Crippen LogP contribution in [0.3, 0.4) is 0 Å². The number of nitrogens with one attached hydrogen (secondary N) is 1. The number of nitrogen functional groups attached to an aromatic ring is 1. The first-order valence-corrected chi connectivity index (χ1v) is 8.41. The van der Waals surface area contributed by atoms with Crippen LogP contribution in [0.5, 0.6) is 6.01 Å². The summed E-state index contributed by atoms with van der Waals surface area (Å²) in [5, 5.41) is 23.5. The molecule has 1 saturated heterocycles. The Hall–Kier alpha value is -3.28. The topological polar surface area (TPSA) is 158 Å². The van der Waals surface area contributed by atoms with Gasteiger partial charge in [-0.1, -0.05) is 18.2 Å². The van der Waals surface area contributed by atoms with E-state index >= 15 is 0 Å². The summed E-state index contributed by atoms with van der Waals surface area (Å²) in [6.07, 6.45) is -3.91. The lowest BCUT2D eigenvalue weighted by molar-refractivity contribution is -0.132. The fraction of sp³-hybridized carbons (Fsp3) is 0.294. The number of ether oxygens (including phenoxy) is 2. The Morgan fingerprint density at radius 3 is 2.71 bits per heavy atom. The molecule has 4 rings (SSSR count). The van der Waals surface area contributed by atoms with Gasteiger partial charge in [-0.3, -0.25) is 9.36 Å². The maximum absolute atomic E-state index is 12.5. The van der Waals surface area contributed by atoms with Crippen LogP contribution < -0.4 is 15.8 Å². The van der Waals surface area contributed by atoms with E-state index < -0.39 is 30.4 Å². The summed E-state index contributed by atoms with van der Waals surface area (Å²) in [6, 6.07) is 8.73. The van der Waals surface area contributed by atoms with Crippen LogP contribution in [0.2, 0.25) is 0 Å². The number of carbonyl (C=O) groups excluding carboxylic acids is 1. The van der Waals surface area contributed by atoms with Crippen LogP contribution in [0.15, 0.2) is 36.7 Å². The Morgan fingerprint density at radius 2 is 2.00 bits per heavy atom. The molecule has 0 bridgehead atoms. The molecule has 1 aliphatic rings. The summed E-state index contributed by atoms with van der Waals surface area (Å²) in [5.74, 6) is -0.497. The number of amides is 1. The number of fused-ring (bicyclic) bond motifs is 1. The zero-order valence-electron chi connectivity index (χ0n) is 14.8. The molecule has 1 aromatic carbocycles. The van der Waals surface area contributed by atoms with Gasteiger partial charge < -0.3 is 30.7 Å². The number of hydrogen-bond donors (Lipinski definition) is 4. The first-order valence-electron chi connectivity index (χ1n) is 8.41. The van der Waals surface area contributed by atoms with Gasteiger partial charge in [-0.15, -0.1) is 0 Å². The Morgan fingerprint density at radius 1 is 1.25 bits per heavy atom. The smallest absolute Gasteiger partial charge is 0.320 e. The number of anilines is 2. The van der Waals surface area contributed by atoms with Crippen molar-refractivity contribution in [2.24, 2.45) is 0 Å². The molecule has 3 aromatic rings. The van der Waals surface area contributed by atoms with Gasteiger partial charge in [-0.05, 0) is 12.1 Å². The number of imidazole rings is 1. The first kappa shape index (κ1) is 18.1. The summed E-state index contributed by atoms with van der Waals surface area (Å²) in [5.41, 5.74) is 6.91. The second-order valence-corrected chi connectivity index (χ2v) is 6.20. The lowest BCUT2D eigenvalue weighted by atomic mass is 10.1. The third kappa shape index (κ3) is 3.01. The summed E-state index contributed by atoms with van der Waals surface area (Å²) in [6.45, 7) is 0. The fourth-order valence-corrected chi connectivity index (χ4v) is 3.04. The summed E-state index contributed by atoms with van der Waals surface area (Å²) in [4.78, 5) is 24.7. The second-order valence-electron chi connectivity index (χ2n) is 6.20. The van der Waals surface area contributed by atoms with Crippen molar-refractivity contribution in [2.75, 3.05) is 18.2 Å². The van der Waals surface area contributed by atoms with E-state index in [-0.39, 0.29) is 23.0 Å². The van der Waals surface area contributed by atoms with E-state index in [1.165, 1.54) is 18.0 Å². The van der Waals surface area contributed by atoms with Gasteiger partial charge in [0.2, 0.25) is 0 Å². The third-order valence-corrected chi connectivity index (χ3v) is 4.42. The van der Waals surface area contributed by atoms with Gasteiger partial charge in [-0.2, -0.15) is 9.97 Å². The molecule has 0 radical (unpaired) electrons. The Labute approximate surface area is 158 Å².